The summed E-state index contributed by atoms with van der Waals surface area (Å²) in [6.45, 7) is 17.6. The zero-order valence-electron chi connectivity index (χ0n) is 32.0. The second kappa shape index (κ2) is 19.4. The van der Waals surface area contributed by atoms with Gasteiger partial charge in [0.15, 0.2) is 0 Å². The fraction of sp³-hybridized carbons (Fsp3) is 0.265. The molecule has 8 rings (SSSR count). The maximum Gasteiger partial charge on any atom is 0.0704 e. The first-order chi connectivity index (χ1) is 25.1. The van der Waals surface area contributed by atoms with E-state index in [2.05, 4.69) is 154 Å². The van der Waals surface area contributed by atoms with Gasteiger partial charge in [0.1, 0.15) is 0 Å². The number of aromatic nitrogens is 4. The first-order valence-electron chi connectivity index (χ1n) is 18.5. The highest BCUT2D eigenvalue weighted by Crippen LogP contribution is 2.25. The van der Waals surface area contributed by atoms with Crippen LogP contribution in [0.15, 0.2) is 146 Å². The van der Waals surface area contributed by atoms with Crippen LogP contribution in [-0.2, 0) is 0 Å². The number of fused-ring (bicyclic) bond motifs is 4. The van der Waals surface area contributed by atoms with Gasteiger partial charge in [0.2, 0.25) is 0 Å². The molecule has 8 aromatic rings. The summed E-state index contributed by atoms with van der Waals surface area (Å²) >= 11 is 0. The summed E-state index contributed by atoms with van der Waals surface area (Å²) in [5.41, 5.74) is 8.63. The Morgan fingerprint density at radius 3 is 1.62 bits per heavy atom. The third-order valence-corrected chi connectivity index (χ3v) is 9.19. The van der Waals surface area contributed by atoms with E-state index in [1.807, 2.05) is 67.4 Å². The van der Waals surface area contributed by atoms with E-state index in [9.17, 15) is 0 Å². The molecule has 0 aliphatic carbocycles. The number of rotatable bonds is 4. The van der Waals surface area contributed by atoms with Gasteiger partial charge < -0.3 is 0 Å². The van der Waals surface area contributed by atoms with Crippen molar-refractivity contribution < 1.29 is 0 Å². The standard InChI is InChI=1S/4C12H13N.CH4/c1-9(2)10-5-3-7-12-11(10)6-4-8-13-12;1-9(2)10-5-6-12-11(8-10)4-3-7-13-12;1-9(2)11-7-10-5-3-4-6-12(10)13-8-11;1-9(2)12-8-13-7-10-5-3-4-6-11(10)12;/h4*3-9H,1-2H3;1H4. The van der Waals surface area contributed by atoms with Crippen molar-refractivity contribution in [3.05, 3.63) is 168 Å². The molecule has 4 heterocycles. The molecular formula is C49H56N4. The fourth-order valence-electron chi connectivity index (χ4n) is 6.09. The molecule has 0 radical (unpaired) electrons. The fourth-order valence-corrected chi connectivity index (χ4v) is 6.09. The van der Waals surface area contributed by atoms with E-state index in [-0.39, 0.29) is 7.43 Å². The van der Waals surface area contributed by atoms with Crippen LogP contribution in [0, 0.1) is 0 Å². The van der Waals surface area contributed by atoms with Gasteiger partial charge in [-0.1, -0.05) is 136 Å². The Balaban J connectivity index is 0.000000157. The minimum Gasteiger partial charge on any atom is -0.264 e. The second-order valence-electron chi connectivity index (χ2n) is 14.4. The molecule has 0 spiro atoms. The van der Waals surface area contributed by atoms with Crippen molar-refractivity contribution in [2.75, 3.05) is 0 Å². The first-order valence-corrected chi connectivity index (χ1v) is 18.5. The van der Waals surface area contributed by atoms with E-state index in [0.29, 0.717) is 23.7 Å². The number of benzene rings is 4. The van der Waals surface area contributed by atoms with E-state index in [1.54, 1.807) is 0 Å². The van der Waals surface area contributed by atoms with Gasteiger partial charge in [-0.15, -0.1) is 0 Å². The van der Waals surface area contributed by atoms with Gasteiger partial charge in [-0.05, 0) is 93.8 Å². The molecule has 0 fully saturated rings. The molecule has 0 N–H and O–H groups in total. The van der Waals surface area contributed by atoms with Crippen LogP contribution in [-0.4, -0.2) is 19.9 Å². The Labute approximate surface area is 317 Å². The minimum atomic E-state index is 0. The van der Waals surface area contributed by atoms with Gasteiger partial charge in [0, 0.05) is 52.5 Å². The van der Waals surface area contributed by atoms with Gasteiger partial charge in [-0.3, -0.25) is 19.9 Å². The first kappa shape index (κ1) is 40.3. The minimum absolute atomic E-state index is 0. The number of nitrogens with zero attached hydrogens (tertiary/aromatic N) is 4. The molecule has 0 bridgehead atoms. The molecule has 0 aliphatic heterocycles. The zero-order valence-corrected chi connectivity index (χ0v) is 32.0. The largest absolute Gasteiger partial charge is 0.264 e. The smallest absolute Gasteiger partial charge is 0.0704 e. The lowest BCUT2D eigenvalue weighted by Crippen LogP contribution is -1.90. The molecule has 4 heteroatoms. The van der Waals surface area contributed by atoms with Gasteiger partial charge >= 0.3 is 0 Å². The van der Waals surface area contributed by atoms with E-state index < -0.39 is 0 Å². The molecule has 4 aromatic carbocycles. The maximum absolute atomic E-state index is 4.40. The summed E-state index contributed by atoms with van der Waals surface area (Å²) in [7, 11) is 0. The average molecular weight is 701 g/mol. The van der Waals surface area contributed by atoms with Crippen LogP contribution in [0.4, 0.5) is 0 Å². The Bertz CT molecular complexity index is 2150. The molecule has 272 valence electrons. The summed E-state index contributed by atoms with van der Waals surface area (Å²) in [5, 5.41) is 6.30. The molecule has 0 aliphatic rings. The Hall–Kier alpha value is -5.48. The molecule has 53 heavy (non-hydrogen) atoms. The molecular weight excluding hydrogens is 645 g/mol. The van der Waals surface area contributed by atoms with Crippen LogP contribution in [0.3, 0.4) is 0 Å². The number of hydrogen-bond acceptors (Lipinski definition) is 4. The lowest BCUT2D eigenvalue weighted by Gasteiger charge is -2.08. The van der Waals surface area contributed by atoms with Crippen LogP contribution in [0.2, 0.25) is 0 Å². The van der Waals surface area contributed by atoms with E-state index in [1.165, 1.54) is 49.2 Å². The van der Waals surface area contributed by atoms with Crippen LogP contribution in [0.25, 0.3) is 43.5 Å². The van der Waals surface area contributed by atoms with Crippen molar-refractivity contribution in [1.82, 2.24) is 19.9 Å². The summed E-state index contributed by atoms with van der Waals surface area (Å²) in [6, 6.07) is 39.8. The topological polar surface area (TPSA) is 51.6 Å². The van der Waals surface area contributed by atoms with Gasteiger partial charge in [0.05, 0.1) is 16.6 Å². The van der Waals surface area contributed by atoms with Crippen LogP contribution < -0.4 is 0 Å². The molecule has 0 saturated carbocycles. The average Bonchev–Trinajstić information content (AvgIpc) is 3.17. The van der Waals surface area contributed by atoms with Crippen molar-refractivity contribution >= 4 is 43.5 Å². The van der Waals surface area contributed by atoms with Crippen molar-refractivity contribution in [1.29, 1.82) is 0 Å². The maximum atomic E-state index is 4.40. The summed E-state index contributed by atoms with van der Waals surface area (Å²) in [6.07, 6.45) is 9.52. The summed E-state index contributed by atoms with van der Waals surface area (Å²) < 4.78 is 0. The molecule has 0 amide bonds. The lowest BCUT2D eigenvalue weighted by atomic mass is 9.98. The predicted molar refractivity (Wildman–Crippen MR) is 230 cm³/mol. The van der Waals surface area contributed by atoms with Crippen LogP contribution in [0.5, 0.6) is 0 Å². The Morgan fingerprint density at radius 1 is 0.377 bits per heavy atom. The monoisotopic (exact) mass is 700 g/mol. The lowest BCUT2D eigenvalue weighted by molar-refractivity contribution is 0.862. The third-order valence-electron chi connectivity index (χ3n) is 9.19. The van der Waals surface area contributed by atoms with E-state index in [4.69, 9.17) is 0 Å². The van der Waals surface area contributed by atoms with Crippen molar-refractivity contribution in [2.24, 2.45) is 0 Å². The van der Waals surface area contributed by atoms with Crippen LogP contribution in [0.1, 0.15) is 109 Å². The molecule has 0 unspecified atom stereocenters. The third kappa shape index (κ3) is 10.8. The van der Waals surface area contributed by atoms with Crippen molar-refractivity contribution in [2.45, 2.75) is 86.5 Å². The summed E-state index contributed by atoms with van der Waals surface area (Å²) in [4.78, 5) is 17.2. The predicted octanol–water partition coefficient (Wildman–Crippen LogP) is 14.1. The van der Waals surface area contributed by atoms with Crippen molar-refractivity contribution in [3.63, 3.8) is 0 Å². The number of pyridine rings is 4. The van der Waals surface area contributed by atoms with Gasteiger partial charge in [-0.2, -0.15) is 0 Å². The SMILES string of the molecule is C.CC(C)c1ccc2ncccc2c1.CC(C)c1cccc2ncccc12.CC(C)c1cnc2ccccc2c1.CC(C)c1cncc2ccccc12. The van der Waals surface area contributed by atoms with Crippen molar-refractivity contribution in [3.8, 4) is 0 Å². The molecule has 4 nitrogen and oxygen atoms in total. The summed E-state index contributed by atoms with van der Waals surface area (Å²) in [5.74, 6) is 2.24. The van der Waals surface area contributed by atoms with E-state index in [0.717, 1.165) is 16.6 Å². The highest BCUT2D eigenvalue weighted by Gasteiger charge is 2.05. The number of hydrogen-bond donors (Lipinski definition) is 0. The van der Waals surface area contributed by atoms with E-state index >= 15 is 0 Å². The normalized spacial score (nSPS) is 10.8. The molecule has 4 aromatic heterocycles. The number of para-hydroxylation sites is 1. The molecule has 0 saturated heterocycles. The van der Waals surface area contributed by atoms with Crippen LogP contribution >= 0.6 is 0 Å². The Morgan fingerprint density at radius 2 is 0.925 bits per heavy atom. The molecule has 0 atom stereocenters. The highest BCUT2D eigenvalue weighted by molar-refractivity contribution is 5.85. The quantitative estimate of drug-likeness (QED) is 0.183. The van der Waals surface area contributed by atoms with Gasteiger partial charge in [0.25, 0.3) is 0 Å². The van der Waals surface area contributed by atoms with Gasteiger partial charge in [-0.25, -0.2) is 0 Å². The zero-order chi connectivity index (χ0) is 37.0. The highest BCUT2D eigenvalue weighted by atomic mass is 14.7. The Kier molecular flexibility index (Phi) is 14.7. The second-order valence-corrected chi connectivity index (χ2v) is 14.4.